The molecule has 5 nitrogen and oxygen atoms in total. The SMILES string of the molecule is Cc1cccc(C(=O)N2[C@H](C(=O)NC3CC3)COC23CCC(C)CC3)c1. The van der Waals surface area contributed by atoms with Crippen LogP contribution in [0.2, 0.25) is 0 Å². The lowest BCUT2D eigenvalue weighted by molar-refractivity contribution is -0.128. The first-order chi connectivity index (χ1) is 12.5. The number of ether oxygens (including phenoxy) is 1. The summed E-state index contributed by atoms with van der Waals surface area (Å²) in [5.41, 5.74) is 1.05. The predicted molar refractivity (Wildman–Crippen MR) is 98.6 cm³/mol. The fraction of sp³-hybridized carbons (Fsp3) is 0.619. The number of carbonyl (C=O) groups is 2. The molecule has 26 heavy (non-hydrogen) atoms. The highest BCUT2D eigenvalue weighted by Gasteiger charge is 2.53. The first-order valence-electron chi connectivity index (χ1n) is 9.83. The summed E-state index contributed by atoms with van der Waals surface area (Å²) >= 11 is 0. The molecule has 1 aromatic carbocycles. The minimum absolute atomic E-state index is 0.0657. The molecule has 1 saturated heterocycles. The lowest BCUT2D eigenvalue weighted by Gasteiger charge is -2.43. The molecule has 2 aliphatic carbocycles. The van der Waals surface area contributed by atoms with Crippen LogP contribution in [0.1, 0.15) is 61.4 Å². The van der Waals surface area contributed by atoms with E-state index in [1.165, 1.54) is 0 Å². The molecule has 2 saturated carbocycles. The minimum Gasteiger partial charge on any atom is -0.353 e. The summed E-state index contributed by atoms with van der Waals surface area (Å²) < 4.78 is 6.20. The molecule has 1 N–H and O–H groups in total. The summed E-state index contributed by atoms with van der Waals surface area (Å²) in [6, 6.07) is 7.36. The second-order valence-electron chi connectivity index (χ2n) is 8.28. The van der Waals surface area contributed by atoms with E-state index in [9.17, 15) is 9.59 Å². The Morgan fingerprint density at radius 3 is 2.58 bits per heavy atom. The molecule has 140 valence electrons. The van der Waals surface area contributed by atoms with Crippen molar-refractivity contribution in [3.63, 3.8) is 0 Å². The smallest absolute Gasteiger partial charge is 0.256 e. The molecule has 1 spiro atoms. The zero-order chi connectivity index (χ0) is 18.3. The van der Waals surface area contributed by atoms with Gasteiger partial charge in [-0.3, -0.25) is 14.5 Å². The Labute approximate surface area is 155 Å². The van der Waals surface area contributed by atoms with Crippen LogP contribution < -0.4 is 5.32 Å². The average Bonchev–Trinajstić information content (AvgIpc) is 3.36. The molecule has 5 heteroatoms. The molecule has 0 radical (unpaired) electrons. The van der Waals surface area contributed by atoms with E-state index in [0.29, 0.717) is 18.1 Å². The zero-order valence-electron chi connectivity index (χ0n) is 15.7. The monoisotopic (exact) mass is 356 g/mol. The maximum absolute atomic E-state index is 13.4. The van der Waals surface area contributed by atoms with Crippen LogP contribution in [0.15, 0.2) is 24.3 Å². The number of nitrogens with zero attached hydrogens (tertiary/aromatic N) is 1. The van der Waals surface area contributed by atoms with E-state index in [0.717, 1.165) is 44.1 Å². The lowest BCUT2D eigenvalue weighted by atomic mass is 9.83. The van der Waals surface area contributed by atoms with Gasteiger partial charge in [-0.25, -0.2) is 0 Å². The third-order valence-corrected chi connectivity index (χ3v) is 6.03. The molecular formula is C21H28N2O3. The van der Waals surface area contributed by atoms with E-state index in [1.807, 2.05) is 31.2 Å². The van der Waals surface area contributed by atoms with Crippen molar-refractivity contribution in [1.82, 2.24) is 10.2 Å². The lowest BCUT2D eigenvalue weighted by Crippen LogP contribution is -2.57. The van der Waals surface area contributed by atoms with Gasteiger partial charge in [0.1, 0.15) is 11.8 Å². The van der Waals surface area contributed by atoms with Crippen LogP contribution in [0.5, 0.6) is 0 Å². The van der Waals surface area contributed by atoms with E-state index >= 15 is 0 Å². The highest BCUT2D eigenvalue weighted by molar-refractivity contribution is 5.98. The van der Waals surface area contributed by atoms with Crippen molar-refractivity contribution in [3.05, 3.63) is 35.4 Å². The van der Waals surface area contributed by atoms with Crippen molar-refractivity contribution in [2.75, 3.05) is 6.61 Å². The van der Waals surface area contributed by atoms with Crippen LogP contribution in [0.25, 0.3) is 0 Å². The number of nitrogens with one attached hydrogen (secondary N) is 1. The molecule has 0 unspecified atom stereocenters. The van der Waals surface area contributed by atoms with Gasteiger partial charge in [-0.15, -0.1) is 0 Å². The molecule has 1 aliphatic heterocycles. The normalized spacial score (nSPS) is 31.2. The van der Waals surface area contributed by atoms with E-state index in [4.69, 9.17) is 4.74 Å². The Balaban J connectivity index is 1.64. The molecular weight excluding hydrogens is 328 g/mol. The molecule has 0 bridgehead atoms. The Bertz CT molecular complexity index is 705. The number of carbonyl (C=O) groups excluding carboxylic acids is 2. The van der Waals surface area contributed by atoms with Gasteiger partial charge in [-0.2, -0.15) is 0 Å². The highest BCUT2D eigenvalue weighted by atomic mass is 16.5. The van der Waals surface area contributed by atoms with Crippen LogP contribution in [0, 0.1) is 12.8 Å². The van der Waals surface area contributed by atoms with Crippen molar-refractivity contribution in [2.45, 2.75) is 70.2 Å². The molecule has 1 atom stereocenters. The zero-order valence-corrected chi connectivity index (χ0v) is 15.7. The summed E-state index contributed by atoms with van der Waals surface area (Å²) in [6.07, 6.45) is 5.72. The molecule has 0 aromatic heterocycles. The molecule has 3 fully saturated rings. The fourth-order valence-corrected chi connectivity index (χ4v) is 4.22. The quantitative estimate of drug-likeness (QED) is 0.906. The number of aryl methyl sites for hydroxylation is 1. The van der Waals surface area contributed by atoms with Crippen molar-refractivity contribution in [1.29, 1.82) is 0 Å². The van der Waals surface area contributed by atoms with Gasteiger partial charge >= 0.3 is 0 Å². The van der Waals surface area contributed by atoms with Crippen LogP contribution in [0.3, 0.4) is 0 Å². The Kier molecular flexibility index (Phi) is 4.51. The second-order valence-corrected chi connectivity index (χ2v) is 8.28. The molecule has 1 aromatic rings. The largest absolute Gasteiger partial charge is 0.353 e. The van der Waals surface area contributed by atoms with Crippen molar-refractivity contribution < 1.29 is 14.3 Å². The van der Waals surface area contributed by atoms with Gasteiger partial charge in [0.25, 0.3) is 5.91 Å². The van der Waals surface area contributed by atoms with E-state index in [2.05, 4.69) is 12.2 Å². The Morgan fingerprint density at radius 2 is 1.92 bits per heavy atom. The van der Waals surface area contributed by atoms with Crippen molar-refractivity contribution >= 4 is 11.8 Å². The van der Waals surface area contributed by atoms with Crippen molar-refractivity contribution in [2.24, 2.45) is 5.92 Å². The Hall–Kier alpha value is -1.88. The maximum Gasteiger partial charge on any atom is 0.256 e. The maximum atomic E-state index is 13.4. The minimum atomic E-state index is -0.626. The molecule has 2 amide bonds. The summed E-state index contributed by atoms with van der Waals surface area (Å²) in [7, 11) is 0. The van der Waals surface area contributed by atoms with Crippen LogP contribution in [-0.4, -0.2) is 41.1 Å². The summed E-state index contributed by atoms with van der Waals surface area (Å²) in [5.74, 6) is 0.486. The van der Waals surface area contributed by atoms with E-state index in [1.54, 1.807) is 4.90 Å². The third-order valence-electron chi connectivity index (χ3n) is 6.03. The fourth-order valence-electron chi connectivity index (χ4n) is 4.22. The molecule has 3 aliphatic rings. The van der Waals surface area contributed by atoms with E-state index in [-0.39, 0.29) is 17.9 Å². The number of amides is 2. The topological polar surface area (TPSA) is 58.6 Å². The van der Waals surface area contributed by atoms with Gasteiger partial charge in [-0.05, 0) is 63.5 Å². The second kappa shape index (κ2) is 6.69. The molecule has 4 rings (SSSR count). The summed E-state index contributed by atoms with van der Waals surface area (Å²) in [5, 5.41) is 3.06. The van der Waals surface area contributed by atoms with Gasteiger partial charge in [0.15, 0.2) is 0 Å². The van der Waals surface area contributed by atoms with Gasteiger partial charge in [0.2, 0.25) is 5.91 Å². The first kappa shape index (κ1) is 17.5. The number of hydrogen-bond donors (Lipinski definition) is 1. The van der Waals surface area contributed by atoms with Crippen molar-refractivity contribution in [3.8, 4) is 0 Å². The van der Waals surface area contributed by atoms with Gasteiger partial charge < -0.3 is 10.1 Å². The predicted octanol–water partition coefficient (Wildman–Crippen LogP) is 3.02. The van der Waals surface area contributed by atoms with Crippen LogP contribution >= 0.6 is 0 Å². The standard InChI is InChI=1S/C21H28N2O3/c1-14-8-10-21(11-9-14)23(20(25)16-5-3-4-15(2)12-16)18(13-26-21)19(24)22-17-6-7-17/h3-5,12,14,17-18H,6-11,13H2,1-2H3,(H,22,24)/t14?,18-,21?/m0/s1. The van der Waals surface area contributed by atoms with Gasteiger partial charge in [-0.1, -0.05) is 24.6 Å². The highest BCUT2D eigenvalue weighted by Crippen LogP contribution is 2.43. The Morgan fingerprint density at radius 1 is 1.19 bits per heavy atom. The van der Waals surface area contributed by atoms with E-state index < -0.39 is 11.8 Å². The summed E-state index contributed by atoms with van der Waals surface area (Å²) in [6.45, 7) is 4.52. The number of rotatable bonds is 3. The number of hydrogen-bond acceptors (Lipinski definition) is 3. The first-order valence-corrected chi connectivity index (χ1v) is 9.83. The average molecular weight is 356 g/mol. The number of benzene rings is 1. The van der Waals surface area contributed by atoms with Gasteiger partial charge in [0.05, 0.1) is 6.61 Å². The van der Waals surface area contributed by atoms with Gasteiger partial charge in [0, 0.05) is 11.6 Å². The molecule has 1 heterocycles. The van der Waals surface area contributed by atoms with Crippen LogP contribution in [-0.2, 0) is 9.53 Å². The third kappa shape index (κ3) is 3.25. The summed E-state index contributed by atoms with van der Waals surface area (Å²) in [4.78, 5) is 28.0. The van der Waals surface area contributed by atoms with Crippen LogP contribution in [0.4, 0.5) is 0 Å².